The maximum Gasteiger partial charge on any atom is 0.171 e. The molecule has 0 aliphatic rings. The van der Waals surface area contributed by atoms with Gasteiger partial charge in [0.05, 0.1) is 0 Å². The molecule has 3 heteroatoms. The van der Waals surface area contributed by atoms with Gasteiger partial charge in [0.15, 0.2) is 5.11 Å². The minimum Gasteiger partial charge on any atom is -0.358 e. The third kappa shape index (κ3) is 5.41. The first kappa shape index (κ1) is 19.1. The maximum absolute atomic E-state index is 5.42. The van der Waals surface area contributed by atoms with E-state index >= 15 is 0 Å². The molecule has 138 valence electrons. The van der Waals surface area contributed by atoms with Crippen molar-refractivity contribution in [2.24, 2.45) is 0 Å². The number of thiocarbonyl (C=S) groups is 1. The smallest absolute Gasteiger partial charge is 0.171 e. The molecule has 0 fully saturated rings. The molecule has 0 bridgehead atoms. The van der Waals surface area contributed by atoms with E-state index in [4.69, 9.17) is 12.2 Å². The topological polar surface area (TPSA) is 24.1 Å². The Balaban J connectivity index is 1.53. The number of hydrogen-bond acceptors (Lipinski definition) is 1. The van der Waals surface area contributed by atoms with Crippen LogP contribution in [-0.4, -0.2) is 5.11 Å². The highest BCUT2D eigenvalue weighted by Gasteiger charge is 2.12. The molecule has 0 spiro atoms. The van der Waals surface area contributed by atoms with Crippen molar-refractivity contribution in [3.8, 4) is 11.1 Å². The summed E-state index contributed by atoms with van der Waals surface area (Å²) < 4.78 is 0. The van der Waals surface area contributed by atoms with E-state index in [-0.39, 0.29) is 5.41 Å². The second-order valence-electron chi connectivity index (χ2n) is 7.70. The third-order valence-electron chi connectivity index (χ3n) is 4.52. The largest absolute Gasteiger partial charge is 0.358 e. The molecule has 3 aromatic carbocycles. The molecule has 0 saturated heterocycles. The lowest BCUT2D eigenvalue weighted by atomic mass is 9.87. The molecular weight excluding hydrogens is 348 g/mol. The zero-order valence-corrected chi connectivity index (χ0v) is 16.9. The summed E-state index contributed by atoms with van der Waals surface area (Å²) >= 11 is 5.42. The maximum atomic E-state index is 5.42. The Labute approximate surface area is 167 Å². The zero-order chi connectivity index (χ0) is 19.3. The summed E-state index contributed by atoms with van der Waals surface area (Å²) in [7, 11) is 0. The van der Waals surface area contributed by atoms with E-state index in [1.165, 1.54) is 22.3 Å². The van der Waals surface area contributed by atoms with Gasteiger partial charge in [-0.05, 0) is 52.0 Å². The number of anilines is 1. The first-order valence-electron chi connectivity index (χ1n) is 9.21. The second-order valence-corrected chi connectivity index (χ2v) is 8.11. The summed E-state index contributed by atoms with van der Waals surface area (Å²) in [6.45, 7) is 7.38. The highest BCUT2D eigenvalue weighted by molar-refractivity contribution is 7.80. The minimum atomic E-state index is 0.175. The Kier molecular flexibility index (Phi) is 5.92. The standard InChI is InChI=1S/C24H26N2S/c1-24(2,3)21-13-9-18(10-14-21)17-25-23(27)26-22-15-11-20(12-16-22)19-7-5-4-6-8-19/h4-16H,17H2,1-3H3,(H2,25,26,27). The van der Waals surface area contributed by atoms with Crippen LogP contribution in [0, 0.1) is 0 Å². The third-order valence-corrected chi connectivity index (χ3v) is 4.77. The summed E-state index contributed by atoms with van der Waals surface area (Å²) in [5.41, 5.74) is 6.11. The first-order chi connectivity index (χ1) is 12.9. The van der Waals surface area contributed by atoms with Gasteiger partial charge < -0.3 is 10.6 Å². The number of hydrogen-bond donors (Lipinski definition) is 2. The average molecular weight is 375 g/mol. The molecule has 0 aliphatic carbocycles. The molecule has 0 saturated carbocycles. The summed E-state index contributed by atoms with van der Waals surface area (Å²) in [5.74, 6) is 0. The summed E-state index contributed by atoms with van der Waals surface area (Å²) in [4.78, 5) is 0. The fraction of sp³-hybridized carbons (Fsp3) is 0.208. The highest BCUT2D eigenvalue weighted by Crippen LogP contribution is 2.22. The van der Waals surface area contributed by atoms with Crippen molar-refractivity contribution in [2.45, 2.75) is 32.7 Å². The van der Waals surface area contributed by atoms with Crippen LogP contribution < -0.4 is 10.6 Å². The molecule has 0 aliphatic heterocycles. The van der Waals surface area contributed by atoms with Crippen molar-refractivity contribution in [2.75, 3.05) is 5.32 Å². The van der Waals surface area contributed by atoms with Crippen LogP contribution >= 0.6 is 12.2 Å². The Bertz CT molecular complexity index is 876. The van der Waals surface area contributed by atoms with Crippen molar-refractivity contribution < 1.29 is 0 Å². The van der Waals surface area contributed by atoms with Crippen molar-refractivity contribution in [3.63, 3.8) is 0 Å². The van der Waals surface area contributed by atoms with E-state index in [0.29, 0.717) is 11.7 Å². The molecule has 0 amide bonds. The number of benzene rings is 3. The molecule has 0 radical (unpaired) electrons. The molecule has 3 aromatic rings. The summed E-state index contributed by atoms with van der Waals surface area (Å²) in [5, 5.41) is 7.15. The molecule has 2 N–H and O–H groups in total. The lowest BCUT2D eigenvalue weighted by molar-refractivity contribution is 0.590. The predicted molar refractivity (Wildman–Crippen MR) is 120 cm³/mol. The number of rotatable bonds is 4. The van der Waals surface area contributed by atoms with Crippen LogP contribution in [0.15, 0.2) is 78.9 Å². The van der Waals surface area contributed by atoms with E-state index in [9.17, 15) is 0 Å². The van der Waals surface area contributed by atoms with Crippen molar-refractivity contribution in [3.05, 3.63) is 90.0 Å². The molecule has 0 unspecified atom stereocenters. The van der Waals surface area contributed by atoms with E-state index in [2.05, 4.69) is 104 Å². The van der Waals surface area contributed by atoms with E-state index in [0.717, 1.165) is 5.69 Å². The van der Waals surface area contributed by atoms with E-state index < -0.39 is 0 Å². The monoisotopic (exact) mass is 374 g/mol. The van der Waals surface area contributed by atoms with Gasteiger partial charge in [0.25, 0.3) is 0 Å². The number of nitrogens with one attached hydrogen (secondary N) is 2. The lowest BCUT2D eigenvalue weighted by Gasteiger charge is -2.19. The van der Waals surface area contributed by atoms with Gasteiger partial charge in [-0.3, -0.25) is 0 Å². The zero-order valence-electron chi connectivity index (χ0n) is 16.1. The summed E-state index contributed by atoms with van der Waals surface area (Å²) in [6, 6.07) is 27.4. The first-order valence-corrected chi connectivity index (χ1v) is 9.62. The van der Waals surface area contributed by atoms with Crippen molar-refractivity contribution >= 4 is 23.0 Å². The van der Waals surface area contributed by atoms with Crippen LogP contribution in [0.1, 0.15) is 31.9 Å². The SMILES string of the molecule is CC(C)(C)c1ccc(CNC(=S)Nc2ccc(-c3ccccc3)cc2)cc1. The van der Waals surface area contributed by atoms with Gasteiger partial charge in [-0.15, -0.1) is 0 Å². The van der Waals surface area contributed by atoms with E-state index in [1.54, 1.807) is 0 Å². The van der Waals surface area contributed by atoms with Crippen molar-refractivity contribution in [1.29, 1.82) is 0 Å². The predicted octanol–water partition coefficient (Wildman–Crippen LogP) is 6.14. The Hall–Kier alpha value is -2.65. The molecule has 0 atom stereocenters. The quantitative estimate of drug-likeness (QED) is 0.537. The van der Waals surface area contributed by atoms with Crippen LogP contribution in [-0.2, 0) is 12.0 Å². The van der Waals surface area contributed by atoms with Gasteiger partial charge in [-0.2, -0.15) is 0 Å². The van der Waals surface area contributed by atoms with Gasteiger partial charge >= 0.3 is 0 Å². The van der Waals surface area contributed by atoms with Crippen LogP contribution in [0.25, 0.3) is 11.1 Å². The van der Waals surface area contributed by atoms with Crippen LogP contribution in [0.5, 0.6) is 0 Å². The Morgan fingerprint density at radius 3 is 1.96 bits per heavy atom. The molecule has 27 heavy (non-hydrogen) atoms. The van der Waals surface area contributed by atoms with Gasteiger partial charge in [-0.1, -0.05) is 87.5 Å². The van der Waals surface area contributed by atoms with Crippen LogP contribution in [0.2, 0.25) is 0 Å². The fourth-order valence-electron chi connectivity index (χ4n) is 2.86. The lowest BCUT2D eigenvalue weighted by Crippen LogP contribution is -2.27. The van der Waals surface area contributed by atoms with Crippen LogP contribution in [0.3, 0.4) is 0 Å². The minimum absolute atomic E-state index is 0.175. The fourth-order valence-corrected chi connectivity index (χ4v) is 3.05. The molecule has 3 rings (SSSR count). The van der Waals surface area contributed by atoms with E-state index in [1.807, 2.05) is 6.07 Å². The normalized spacial score (nSPS) is 11.1. The van der Waals surface area contributed by atoms with Gasteiger partial charge in [0.2, 0.25) is 0 Å². The van der Waals surface area contributed by atoms with Gasteiger partial charge in [0, 0.05) is 12.2 Å². The van der Waals surface area contributed by atoms with Gasteiger partial charge in [-0.25, -0.2) is 0 Å². The molecule has 0 heterocycles. The molecule has 0 aromatic heterocycles. The molecular formula is C24H26N2S. The Morgan fingerprint density at radius 2 is 1.37 bits per heavy atom. The Morgan fingerprint density at radius 1 is 0.778 bits per heavy atom. The second kappa shape index (κ2) is 8.36. The van der Waals surface area contributed by atoms with Crippen molar-refractivity contribution in [1.82, 2.24) is 5.32 Å². The average Bonchev–Trinajstić information content (AvgIpc) is 2.67. The van der Waals surface area contributed by atoms with Crippen LogP contribution in [0.4, 0.5) is 5.69 Å². The highest BCUT2D eigenvalue weighted by atomic mass is 32.1. The molecule has 2 nitrogen and oxygen atoms in total. The summed E-state index contributed by atoms with van der Waals surface area (Å²) in [6.07, 6.45) is 0. The van der Waals surface area contributed by atoms with Gasteiger partial charge in [0.1, 0.15) is 0 Å².